The Morgan fingerprint density at radius 3 is 2.42 bits per heavy atom. The molecule has 0 atom stereocenters. The smallest absolute Gasteiger partial charge is 0.234 e. The summed E-state index contributed by atoms with van der Waals surface area (Å²) in [7, 11) is 0. The van der Waals surface area contributed by atoms with E-state index in [0.29, 0.717) is 5.75 Å². The van der Waals surface area contributed by atoms with E-state index < -0.39 is 0 Å². The number of carbonyl (C=O) groups is 1. The molecule has 0 aliphatic rings. The molecule has 0 aliphatic heterocycles. The molecule has 1 N–H and O–H groups in total. The molecule has 2 heterocycles. The van der Waals surface area contributed by atoms with E-state index in [1.54, 1.807) is 24.2 Å². The van der Waals surface area contributed by atoms with Crippen molar-refractivity contribution in [3.05, 3.63) is 76.9 Å². The van der Waals surface area contributed by atoms with E-state index in [9.17, 15) is 4.79 Å². The normalized spacial score (nSPS) is 10.7. The second-order valence-electron chi connectivity index (χ2n) is 6.07. The molecular formula is C20H21N3O2S. The van der Waals surface area contributed by atoms with Crippen LogP contribution in [0.25, 0.3) is 0 Å². The van der Waals surface area contributed by atoms with Gasteiger partial charge in [-0.3, -0.25) is 9.78 Å². The van der Waals surface area contributed by atoms with Gasteiger partial charge in [-0.05, 0) is 55.7 Å². The van der Waals surface area contributed by atoms with Gasteiger partial charge in [-0.2, -0.15) is 0 Å². The van der Waals surface area contributed by atoms with E-state index in [-0.39, 0.29) is 5.91 Å². The Kier molecular flexibility index (Phi) is 6.07. The van der Waals surface area contributed by atoms with Crippen molar-refractivity contribution < 1.29 is 9.32 Å². The Morgan fingerprint density at radius 2 is 1.77 bits per heavy atom. The van der Waals surface area contributed by atoms with Gasteiger partial charge in [0.05, 0.1) is 11.4 Å². The Morgan fingerprint density at radius 1 is 1.08 bits per heavy atom. The molecule has 3 rings (SSSR count). The summed E-state index contributed by atoms with van der Waals surface area (Å²) in [6, 6.07) is 12.0. The summed E-state index contributed by atoms with van der Waals surface area (Å²) in [5.41, 5.74) is 5.18. The van der Waals surface area contributed by atoms with Gasteiger partial charge in [-0.1, -0.05) is 17.3 Å². The number of aromatic nitrogens is 2. The summed E-state index contributed by atoms with van der Waals surface area (Å²) in [5.74, 6) is 1.92. The van der Waals surface area contributed by atoms with Crippen molar-refractivity contribution in [3.8, 4) is 0 Å². The number of benzene rings is 1. The molecule has 2 aromatic heterocycles. The lowest BCUT2D eigenvalue weighted by atomic mass is 10.1. The van der Waals surface area contributed by atoms with Crippen LogP contribution in [0.1, 0.15) is 28.1 Å². The van der Waals surface area contributed by atoms with Gasteiger partial charge in [-0.25, -0.2) is 0 Å². The minimum atomic E-state index is -0.0105. The molecule has 1 aromatic carbocycles. The van der Waals surface area contributed by atoms with E-state index in [1.165, 1.54) is 11.1 Å². The number of nitrogens with one attached hydrogen (secondary N) is 1. The summed E-state index contributed by atoms with van der Waals surface area (Å²) in [6.45, 7) is 3.81. The predicted molar refractivity (Wildman–Crippen MR) is 104 cm³/mol. The van der Waals surface area contributed by atoms with Crippen LogP contribution in [0.4, 0.5) is 5.69 Å². The van der Waals surface area contributed by atoms with Crippen molar-refractivity contribution >= 4 is 23.4 Å². The SMILES string of the molecule is Cc1noc(C)c1CSCC(=O)Nc1ccc(Cc2ccncc2)cc1. The maximum atomic E-state index is 12.1. The average molecular weight is 367 g/mol. The minimum absolute atomic E-state index is 0.0105. The Hall–Kier alpha value is -2.60. The van der Waals surface area contributed by atoms with Gasteiger partial charge in [0, 0.05) is 29.4 Å². The average Bonchev–Trinajstić information content (AvgIpc) is 2.96. The van der Waals surface area contributed by atoms with Crippen LogP contribution in [-0.4, -0.2) is 21.8 Å². The van der Waals surface area contributed by atoms with E-state index in [1.807, 2.05) is 50.2 Å². The van der Waals surface area contributed by atoms with Crippen LogP contribution < -0.4 is 5.32 Å². The first-order valence-electron chi connectivity index (χ1n) is 8.39. The topological polar surface area (TPSA) is 68.0 Å². The quantitative estimate of drug-likeness (QED) is 0.679. The van der Waals surface area contributed by atoms with Crippen LogP contribution >= 0.6 is 11.8 Å². The maximum Gasteiger partial charge on any atom is 0.234 e. The molecule has 0 bridgehead atoms. The first kappa shape index (κ1) is 18.2. The number of hydrogen-bond donors (Lipinski definition) is 1. The molecule has 3 aromatic rings. The fourth-order valence-electron chi connectivity index (χ4n) is 2.59. The molecule has 0 radical (unpaired) electrons. The summed E-state index contributed by atoms with van der Waals surface area (Å²) < 4.78 is 5.13. The van der Waals surface area contributed by atoms with E-state index in [4.69, 9.17) is 4.52 Å². The lowest BCUT2D eigenvalue weighted by Crippen LogP contribution is -2.14. The fraction of sp³-hybridized carbons (Fsp3) is 0.250. The van der Waals surface area contributed by atoms with Gasteiger partial charge in [-0.15, -0.1) is 11.8 Å². The third kappa shape index (κ3) is 4.95. The van der Waals surface area contributed by atoms with Gasteiger partial charge >= 0.3 is 0 Å². The molecule has 0 saturated heterocycles. The van der Waals surface area contributed by atoms with Crippen molar-refractivity contribution in [2.24, 2.45) is 0 Å². The molecular weight excluding hydrogens is 346 g/mol. The number of amides is 1. The summed E-state index contributed by atoms with van der Waals surface area (Å²) in [4.78, 5) is 16.1. The molecule has 0 spiro atoms. The largest absolute Gasteiger partial charge is 0.361 e. The highest BCUT2D eigenvalue weighted by Gasteiger charge is 2.10. The van der Waals surface area contributed by atoms with Crippen LogP contribution in [-0.2, 0) is 17.0 Å². The molecule has 5 nitrogen and oxygen atoms in total. The first-order chi connectivity index (χ1) is 12.6. The molecule has 0 aliphatic carbocycles. The molecule has 26 heavy (non-hydrogen) atoms. The van der Waals surface area contributed by atoms with Crippen LogP contribution in [0.5, 0.6) is 0 Å². The van der Waals surface area contributed by atoms with Crippen LogP contribution in [0, 0.1) is 13.8 Å². The monoisotopic (exact) mass is 367 g/mol. The molecule has 0 unspecified atom stereocenters. The molecule has 1 amide bonds. The van der Waals surface area contributed by atoms with Crippen LogP contribution in [0.3, 0.4) is 0 Å². The van der Waals surface area contributed by atoms with Crippen molar-refractivity contribution in [2.45, 2.75) is 26.0 Å². The number of anilines is 1. The highest BCUT2D eigenvalue weighted by Crippen LogP contribution is 2.20. The van der Waals surface area contributed by atoms with E-state index in [0.717, 1.165) is 34.9 Å². The van der Waals surface area contributed by atoms with Crippen molar-refractivity contribution in [2.75, 3.05) is 11.1 Å². The van der Waals surface area contributed by atoms with Gasteiger partial charge in [0.2, 0.25) is 5.91 Å². The number of rotatable bonds is 7. The highest BCUT2D eigenvalue weighted by atomic mass is 32.2. The second-order valence-corrected chi connectivity index (χ2v) is 7.06. The lowest BCUT2D eigenvalue weighted by Gasteiger charge is -2.07. The maximum absolute atomic E-state index is 12.1. The molecule has 6 heteroatoms. The van der Waals surface area contributed by atoms with E-state index in [2.05, 4.69) is 15.5 Å². The van der Waals surface area contributed by atoms with Crippen molar-refractivity contribution in [1.29, 1.82) is 0 Å². The number of carbonyl (C=O) groups excluding carboxylic acids is 1. The number of aryl methyl sites for hydroxylation is 2. The molecule has 134 valence electrons. The number of pyridine rings is 1. The zero-order valence-corrected chi connectivity index (χ0v) is 15.7. The van der Waals surface area contributed by atoms with Crippen LogP contribution in [0.15, 0.2) is 53.3 Å². The van der Waals surface area contributed by atoms with Crippen molar-refractivity contribution in [1.82, 2.24) is 10.1 Å². The lowest BCUT2D eigenvalue weighted by molar-refractivity contribution is -0.113. The number of thioether (sulfide) groups is 1. The first-order valence-corrected chi connectivity index (χ1v) is 9.54. The van der Waals surface area contributed by atoms with Gasteiger partial charge in [0.1, 0.15) is 5.76 Å². The predicted octanol–water partition coefficient (Wildman–Crippen LogP) is 4.15. The Labute approximate surface area is 157 Å². The molecule has 0 fully saturated rings. The highest BCUT2D eigenvalue weighted by molar-refractivity contribution is 7.99. The van der Waals surface area contributed by atoms with Crippen LogP contribution in [0.2, 0.25) is 0 Å². The summed E-state index contributed by atoms with van der Waals surface area (Å²) in [6.07, 6.45) is 4.44. The van der Waals surface area contributed by atoms with E-state index >= 15 is 0 Å². The minimum Gasteiger partial charge on any atom is -0.361 e. The number of nitrogens with zero attached hydrogens (tertiary/aromatic N) is 2. The molecule has 0 saturated carbocycles. The fourth-order valence-corrected chi connectivity index (χ4v) is 3.57. The third-order valence-electron chi connectivity index (χ3n) is 4.06. The van der Waals surface area contributed by atoms with Gasteiger partial charge < -0.3 is 9.84 Å². The summed E-state index contributed by atoms with van der Waals surface area (Å²) >= 11 is 1.55. The van der Waals surface area contributed by atoms with Crippen molar-refractivity contribution in [3.63, 3.8) is 0 Å². The second kappa shape index (κ2) is 8.67. The standard InChI is InChI=1S/C20H21N3O2S/c1-14-19(15(2)25-23-14)12-26-13-20(24)22-18-5-3-16(4-6-18)11-17-7-9-21-10-8-17/h3-10H,11-13H2,1-2H3,(H,22,24). The van der Waals surface area contributed by atoms with Gasteiger partial charge in [0.25, 0.3) is 0 Å². The summed E-state index contributed by atoms with van der Waals surface area (Å²) in [5, 5.41) is 6.86. The Bertz CT molecular complexity index is 841. The Balaban J connectivity index is 1.47. The number of hydrogen-bond acceptors (Lipinski definition) is 5. The zero-order valence-electron chi connectivity index (χ0n) is 14.9. The van der Waals surface area contributed by atoms with Gasteiger partial charge in [0.15, 0.2) is 0 Å². The zero-order chi connectivity index (χ0) is 18.4. The third-order valence-corrected chi connectivity index (χ3v) is 5.02.